The fraction of sp³-hybridized carbons (Fsp3) is 0.455. The van der Waals surface area contributed by atoms with Crippen molar-refractivity contribution in [2.24, 2.45) is 0 Å². The van der Waals surface area contributed by atoms with Crippen molar-refractivity contribution in [2.75, 3.05) is 12.3 Å². The molecule has 1 aromatic carbocycles. The summed E-state index contributed by atoms with van der Waals surface area (Å²) in [7, 11) is -4.25. The number of nitrogen functional groups attached to an aromatic ring is 1. The molecule has 0 spiro atoms. The van der Waals surface area contributed by atoms with Gasteiger partial charge in [-0.25, -0.2) is 8.42 Å². The van der Waals surface area contributed by atoms with Gasteiger partial charge in [-0.2, -0.15) is 17.5 Å². The molecule has 1 aliphatic rings. The van der Waals surface area contributed by atoms with E-state index in [1.54, 1.807) is 0 Å². The highest BCUT2D eigenvalue weighted by Crippen LogP contribution is 2.36. The molecule has 20 heavy (non-hydrogen) atoms. The summed E-state index contributed by atoms with van der Waals surface area (Å²) < 4.78 is 63.4. The van der Waals surface area contributed by atoms with Crippen LogP contribution in [0.15, 0.2) is 27.6 Å². The topological polar surface area (TPSA) is 63.4 Å². The van der Waals surface area contributed by atoms with Crippen LogP contribution in [0, 0.1) is 0 Å². The average Bonchev–Trinajstić information content (AvgIpc) is 3.07. The standard InChI is InChI=1S/C11H12BrF3N2O2S/c12-7-1-4-10(9(16)5-7)20(18,19)17(8-2-3-8)6-11(13,14)15/h1,4-5,8H,2-3,6,16H2. The number of hydrogen-bond acceptors (Lipinski definition) is 3. The maximum Gasteiger partial charge on any atom is 0.402 e. The van der Waals surface area contributed by atoms with Crippen LogP contribution in [-0.2, 0) is 10.0 Å². The van der Waals surface area contributed by atoms with Gasteiger partial charge in [-0.05, 0) is 31.0 Å². The second-order valence-electron chi connectivity index (χ2n) is 4.58. The van der Waals surface area contributed by atoms with Crippen LogP contribution in [0.3, 0.4) is 0 Å². The molecule has 9 heteroatoms. The molecule has 0 heterocycles. The largest absolute Gasteiger partial charge is 0.402 e. The molecular formula is C11H12BrF3N2O2S. The Morgan fingerprint density at radius 1 is 1.35 bits per heavy atom. The Hall–Kier alpha value is -0.800. The minimum absolute atomic E-state index is 0.0767. The third-order valence-electron chi connectivity index (χ3n) is 2.85. The molecule has 2 N–H and O–H groups in total. The molecule has 0 unspecified atom stereocenters. The van der Waals surface area contributed by atoms with E-state index in [1.165, 1.54) is 18.2 Å². The highest BCUT2D eigenvalue weighted by molar-refractivity contribution is 9.10. The summed E-state index contributed by atoms with van der Waals surface area (Å²) in [5.41, 5.74) is 5.54. The van der Waals surface area contributed by atoms with Crippen LogP contribution in [0.4, 0.5) is 18.9 Å². The number of hydrogen-bond donors (Lipinski definition) is 1. The zero-order valence-electron chi connectivity index (χ0n) is 10.2. The van der Waals surface area contributed by atoms with E-state index in [-0.39, 0.29) is 10.6 Å². The van der Waals surface area contributed by atoms with Crippen LogP contribution in [0.5, 0.6) is 0 Å². The van der Waals surface area contributed by atoms with E-state index in [9.17, 15) is 21.6 Å². The number of rotatable bonds is 4. The van der Waals surface area contributed by atoms with Gasteiger partial charge in [-0.1, -0.05) is 15.9 Å². The van der Waals surface area contributed by atoms with Crippen molar-refractivity contribution >= 4 is 31.6 Å². The van der Waals surface area contributed by atoms with Gasteiger partial charge in [0, 0.05) is 10.5 Å². The van der Waals surface area contributed by atoms with E-state index >= 15 is 0 Å². The third-order valence-corrected chi connectivity index (χ3v) is 5.31. The number of anilines is 1. The number of nitrogens with two attached hydrogens (primary N) is 1. The van der Waals surface area contributed by atoms with Gasteiger partial charge >= 0.3 is 6.18 Å². The molecule has 1 aromatic rings. The molecule has 0 atom stereocenters. The zero-order valence-corrected chi connectivity index (χ0v) is 12.6. The van der Waals surface area contributed by atoms with E-state index in [0.717, 1.165) is 0 Å². The van der Waals surface area contributed by atoms with Crippen molar-refractivity contribution in [1.29, 1.82) is 0 Å². The Kier molecular flexibility index (Phi) is 4.05. The first-order valence-corrected chi connectivity index (χ1v) is 7.98. The van der Waals surface area contributed by atoms with Gasteiger partial charge < -0.3 is 5.73 Å². The lowest BCUT2D eigenvalue weighted by Crippen LogP contribution is -2.40. The quantitative estimate of drug-likeness (QED) is 0.826. The fourth-order valence-corrected chi connectivity index (χ4v) is 3.98. The lowest BCUT2D eigenvalue weighted by Gasteiger charge is -2.23. The number of halogens is 4. The number of nitrogens with zero attached hydrogens (tertiary/aromatic N) is 1. The predicted molar refractivity (Wildman–Crippen MR) is 71.5 cm³/mol. The van der Waals surface area contributed by atoms with E-state index in [1.807, 2.05) is 0 Å². The van der Waals surface area contributed by atoms with Gasteiger partial charge in [0.2, 0.25) is 10.0 Å². The zero-order chi connectivity index (χ0) is 15.1. The van der Waals surface area contributed by atoms with Crippen molar-refractivity contribution in [3.8, 4) is 0 Å². The number of benzene rings is 1. The Balaban J connectivity index is 2.40. The summed E-state index contributed by atoms with van der Waals surface area (Å²) >= 11 is 3.12. The maximum absolute atomic E-state index is 12.6. The first kappa shape index (κ1) is 15.6. The molecule has 0 saturated heterocycles. The van der Waals surface area contributed by atoms with Gasteiger partial charge in [0.15, 0.2) is 0 Å². The molecule has 2 rings (SSSR count). The molecule has 112 valence electrons. The van der Waals surface area contributed by atoms with Crippen LogP contribution >= 0.6 is 15.9 Å². The Bertz CT molecular complexity index is 615. The number of alkyl halides is 3. The first-order valence-electron chi connectivity index (χ1n) is 5.75. The highest BCUT2D eigenvalue weighted by atomic mass is 79.9. The second kappa shape index (κ2) is 5.19. The van der Waals surface area contributed by atoms with Crippen molar-refractivity contribution in [3.05, 3.63) is 22.7 Å². The lowest BCUT2D eigenvalue weighted by molar-refractivity contribution is -0.137. The SMILES string of the molecule is Nc1cc(Br)ccc1S(=O)(=O)N(CC(F)(F)F)C1CC1. The third kappa shape index (κ3) is 3.44. The van der Waals surface area contributed by atoms with Gasteiger partial charge in [0.1, 0.15) is 11.4 Å². The smallest absolute Gasteiger partial charge is 0.398 e. The van der Waals surface area contributed by atoms with Crippen LogP contribution < -0.4 is 5.73 Å². The van der Waals surface area contributed by atoms with E-state index in [4.69, 9.17) is 5.73 Å². The Labute approximate surface area is 122 Å². The molecule has 0 aliphatic heterocycles. The van der Waals surface area contributed by atoms with Gasteiger partial charge in [-0.15, -0.1) is 0 Å². The summed E-state index contributed by atoms with van der Waals surface area (Å²) in [4.78, 5) is -0.295. The van der Waals surface area contributed by atoms with E-state index in [0.29, 0.717) is 21.6 Å². The number of sulfonamides is 1. The van der Waals surface area contributed by atoms with E-state index < -0.39 is 28.8 Å². The molecule has 1 fully saturated rings. The highest BCUT2D eigenvalue weighted by Gasteiger charge is 2.45. The fourth-order valence-electron chi connectivity index (χ4n) is 1.83. The minimum Gasteiger partial charge on any atom is -0.398 e. The van der Waals surface area contributed by atoms with Crippen LogP contribution in [0.25, 0.3) is 0 Å². The normalized spacial score (nSPS) is 16.6. The van der Waals surface area contributed by atoms with Gasteiger partial charge in [0.25, 0.3) is 0 Å². The van der Waals surface area contributed by atoms with Gasteiger partial charge in [0.05, 0.1) is 5.69 Å². The minimum atomic E-state index is -4.58. The molecule has 0 amide bonds. The summed E-state index contributed by atoms with van der Waals surface area (Å²) in [6.07, 6.45) is -3.71. The van der Waals surface area contributed by atoms with Crippen molar-refractivity contribution in [2.45, 2.75) is 30.0 Å². The van der Waals surface area contributed by atoms with Crippen molar-refractivity contribution in [1.82, 2.24) is 4.31 Å². The lowest BCUT2D eigenvalue weighted by atomic mass is 10.3. The Morgan fingerprint density at radius 3 is 2.40 bits per heavy atom. The van der Waals surface area contributed by atoms with Crippen LogP contribution in [0.2, 0.25) is 0 Å². The predicted octanol–water partition coefficient (Wildman–Crippen LogP) is 2.75. The molecule has 0 bridgehead atoms. The second-order valence-corrected chi connectivity index (χ2v) is 7.35. The molecule has 0 radical (unpaired) electrons. The molecule has 1 aliphatic carbocycles. The first-order chi connectivity index (χ1) is 9.11. The maximum atomic E-state index is 12.6. The summed E-state index contributed by atoms with van der Waals surface area (Å²) in [5.74, 6) is 0. The van der Waals surface area contributed by atoms with E-state index in [2.05, 4.69) is 15.9 Å². The van der Waals surface area contributed by atoms with Crippen LogP contribution in [0.1, 0.15) is 12.8 Å². The average molecular weight is 373 g/mol. The van der Waals surface area contributed by atoms with Crippen LogP contribution in [-0.4, -0.2) is 31.5 Å². The summed E-state index contributed by atoms with van der Waals surface area (Å²) in [6.45, 7) is -1.49. The Morgan fingerprint density at radius 2 is 1.95 bits per heavy atom. The molecule has 0 aromatic heterocycles. The summed E-state index contributed by atoms with van der Waals surface area (Å²) in [5, 5.41) is 0. The molecular weight excluding hydrogens is 361 g/mol. The summed E-state index contributed by atoms with van der Waals surface area (Å²) in [6, 6.07) is 3.40. The van der Waals surface area contributed by atoms with Gasteiger partial charge in [-0.3, -0.25) is 0 Å². The van der Waals surface area contributed by atoms with Crippen molar-refractivity contribution in [3.63, 3.8) is 0 Å². The monoisotopic (exact) mass is 372 g/mol. The van der Waals surface area contributed by atoms with Crippen molar-refractivity contribution < 1.29 is 21.6 Å². The molecule has 4 nitrogen and oxygen atoms in total. The molecule has 1 saturated carbocycles.